The number of rotatable bonds is 5. The van der Waals surface area contributed by atoms with Crippen molar-refractivity contribution in [1.82, 2.24) is 9.80 Å². The van der Waals surface area contributed by atoms with Gasteiger partial charge in [0.05, 0.1) is 6.04 Å². The minimum absolute atomic E-state index is 0. The normalized spacial score (nSPS) is 19.8. The standard InChI is InChI=1S/C31H36N2O3P.HI/c1-31(2,3)36-30(35)32-21-19-24(23-32)33-22-20-28(29(33)34)37(25-13-7-4-8-14-25,26-15-9-5-10-16-26)27-17-11-6-12-18-27;/h4-18,24,28H,19-23H2,1-3H3;1H/q+1;/p-1. The molecule has 2 saturated heterocycles. The molecular formula is C31H36IN2O3P. The van der Waals surface area contributed by atoms with E-state index in [0.29, 0.717) is 19.6 Å². The average molecular weight is 643 g/mol. The van der Waals surface area contributed by atoms with Gasteiger partial charge in [0.25, 0.3) is 5.91 Å². The molecule has 0 N–H and O–H groups in total. The van der Waals surface area contributed by atoms with Crippen LogP contribution in [-0.2, 0) is 9.53 Å². The van der Waals surface area contributed by atoms with Crippen LogP contribution in [0.4, 0.5) is 4.79 Å². The van der Waals surface area contributed by atoms with Crippen LogP contribution in [0.1, 0.15) is 33.6 Å². The van der Waals surface area contributed by atoms with E-state index in [4.69, 9.17) is 4.74 Å². The van der Waals surface area contributed by atoms with Crippen LogP contribution in [-0.4, -0.2) is 58.7 Å². The number of nitrogens with zero attached hydrogens (tertiary/aromatic N) is 2. The van der Waals surface area contributed by atoms with Crippen molar-refractivity contribution in [3.63, 3.8) is 0 Å². The van der Waals surface area contributed by atoms with Gasteiger partial charge in [-0.2, -0.15) is 0 Å². The summed E-state index contributed by atoms with van der Waals surface area (Å²) in [7, 11) is -2.29. The van der Waals surface area contributed by atoms with E-state index in [-0.39, 0.29) is 47.7 Å². The van der Waals surface area contributed by atoms with E-state index < -0.39 is 12.9 Å². The summed E-state index contributed by atoms with van der Waals surface area (Å²) >= 11 is 0. The minimum Gasteiger partial charge on any atom is -1.00 e. The van der Waals surface area contributed by atoms with Gasteiger partial charge in [0.15, 0.2) is 5.66 Å². The molecule has 0 radical (unpaired) electrons. The van der Waals surface area contributed by atoms with Crippen molar-refractivity contribution in [1.29, 1.82) is 0 Å². The van der Waals surface area contributed by atoms with Crippen molar-refractivity contribution in [3.05, 3.63) is 91.0 Å². The Morgan fingerprint density at radius 2 is 1.26 bits per heavy atom. The number of hydrogen-bond donors (Lipinski definition) is 0. The molecule has 0 aliphatic carbocycles. The molecule has 2 aliphatic rings. The molecule has 0 saturated carbocycles. The van der Waals surface area contributed by atoms with Crippen LogP contribution in [0.15, 0.2) is 91.0 Å². The highest BCUT2D eigenvalue weighted by molar-refractivity contribution is 7.96. The van der Waals surface area contributed by atoms with E-state index in [1.54, 1.807) is 4.90 Å². The Bertz CT molecular complexity index is 1140. The first kappa shape index (κ1) is 28.6. The Kier molecular flexibility index (Phi) is 8.83. The molecular weight excluding hydrogens is 606 g/mol. The van der Waals surface area contributed by atoms with Gasteiger partial charge in [0.2, 0.25) is 0 Å². The van der Waals surface area contributed by atoms with Gasteiger partial charge in [-0.25, -0.2) is 4.79 Å². The quantitative estimate of drug-likeness (QED) is 0.314. The second-order valence-electron chi connectivity index (χ2n) is 10.9. The van der Waals surface area contributed by atoms with Crippen molar-refractivity contribution >= 4 is 35.2 Å². The molecule has 2 heterocycles. The second-order valence-corrected chi connectivity index (χ2v) is 14.6. The van der Waals surface area contributed by atoms with Crippen molar-refractivity contribution in [2.75, 3.05) is 19.6 Å². The maximum atomic E-state index is 14.4. The highest BCUT2D eigenvalue weighted by Gasteiger charge is 2.59. The first-order valence-corrected chi connectivity index (χ1v) is 15.0. The van der Waals surface area contributed by atoms with Crippen LogP contribution < -0.4 is 39.9 Å². The fraction of sp³-hybridized carbons (Fsp3) is 0.355. The lowest BCUT2D eigenvalue weighted by Gasteiger charge is -2.32. The van der Waals surface area contributed by atoms with E-state index in [1.807, 2.05) is 39.0 Å². The number of carbonyl (C=O) groups excluding carboxylic acids is 2. The van der Waals surface area contributed by atoms with Crippen LogP contribution in [0.5, 0.6) is 0 Å². The lowest BCUT2D eigenvalue weighted by molar-refractivity contribution is -0.129. The molecule has 200 valence electrons. The van der Waals surface area contributed by atoms with E-state index >= 15 is 0 Å². The average Bonchev–Trinajstić information content (AvgIpc) is 3.53. The Balaban J connectivity index is 0.00000336. The summed E-state index contributed by atoms with van der Waals surface area (Å²) in [4.78, 5) is 30.9. The fourth-order valence-electron chi connectivity index (χ4n) is 5.87. The number of benzene rings is 3. The van der Waals surface area contributed by atoms with Crippen molar-refractivity contribution in [2.45, 2.75) is 50.9 Å². The number of hydrogen-bond acceptors (Lipinski definition) is 3. The molecule has 2 atom stereocenters. The van der Waals surface area contributed by atoms with Gasteiger partial charge in [-0.1, -0.05) is 54.6 Å². The summed E-state index contributed by atoms with van der Waals surface area (Å²) in [6, 6.07) is 31.9. The molecule has 0 spiro atoms. The smallest absolute Gasteiger partial charge is 0.410 e. The van der Waals surface area contributed by atoms with Crippen LogP contribution >= 0.6 is 7.26 Å². The SMILES string of the molecule is CC(C)(C)OC(=O)N1CCC(N2CCC([P+](c3ccccc3)(c3ccccc3)c3ccccc3)C2=O)C1.[I-]. The van der Waals surface area contributed by atoms with E-state index in [1.165, 1.54) is 15.9 Å². The highest BCUT2D eigenvalue weighted by atomic mass is 127. The van der Waals surface area contributed by atoms with E-state index in [0.717, 1.165) is 12.8 Å². The van der Waals surface area contributed by atoms with E-state index in [2.05, 4.69) is 77.7 Å². The van der Waals surface area contributed by atoms with E-state index in [9.17, 15) is 9.59 Å². The van der Waals surface area contributed by atoms with Gasteiger partial charge >= 0.3 is 6.09 Å². The van der Waals surface area contributed by atoms with Gasteiger partial charge in [-0.05, 0) is 63.6 Å². The topological polar surface area (TPSA) is 49.9 Å². The van der Waals surface area contributed by atoms with Crippen LogP contribution in [0.2, 0.25) is 0 Å². The largest absolute Gasteiger partial charge is 1.00 e. The van der Waals surface area contributed by atoms with Gasteiger partial charge in [-0.15, -0.1) is 0 Å². The Labute approximate surface area is 243 Å². The Morgan fingerprint density at radius 3 is 1.71 bits per heavy atom. The molecule has 5 rings (SSSR count). The Morgan fingerprint density at radius 1 is 0.789 bits per heavy atom. The predicted octanol–water partition coefficient (Wildman–Crippen LogP) is 1.59. The molecule has 3 aromatic rings. The molecule has 0 aromatic heterocycles. The minimum atomic E-state index is -2.29. The summed E-state index contributed by atoms with van der Waals surface area (Å²) in [5, 5.41) is 3.69. The van der Waals surface area contributed by atoms with Crippen LogP contribution in [0, 0.1) is 0 Å². The predicted molar refractivity (Wildman–Crippen MR) is 151 cm³/mol. The second kappa shape index (κ2) is 11.7. The number of amides is 2. The molecule has 3 aromatic carbocycles. The fourth-order valence-corrected chi connectivity index (χ4v) is 10.8. The number of carbonyl (C=O) groups is 2. The van der Waals surface area contributed by atoms with Gasteiger partial charge in [0.1, 0.15) is 28.8 Å². The number of ether oxygens (including phenoxy) is 1. The lowest BCUT2D eigenvalue weighted by Crippen LogP contribution is -3.00. The van der Waals surface area contributed by atoms with Gasteiger partial charge in [0, 0.05) is 26.1 Å². The number of likely N-dealkylation sites (tertiary alicyclic amines) is 2. The molecule has 38 heavy (non-hydrogen) atoms. The van der Waals surface area contributed by atoms with Gasteiger partial charge in [-0.3, -0.25) is 4.79 Å². The molecule has 2 unspecified atom stereocenters. The first-order chi connectivity index (χ1) is 17.8. The molecule has 2 amide bonds. The van der Waals surface area contributed by atoms with Gasteiger partial charge < -0.3 is 38.5 Å². The highest BCUT2D eigenvalue weighted by Crippen LogP contribution is 2.62. The summed E-state index contributed by atoms with van der Waals surface area (Å²) in [5.74, 6) is 0.209. The maximum Gasteiger partial charge on any atom is 0.410 e. The third kappa shape index (κ3) is 5.48. The molecule has 0 bridgehead atoms. The summed E-state index contributed by atoms with van der Waals surface area (Å²) < 4.78 is 5.60. The van der Waals surface area contributed by atoms with Crippen molar-refractivity contribution < 1.29 is 38.3 Å². The zero-order valence-corrected chi connectivity index (χ0v) is 25.3. The molecule has 2 aliphatic heterocycles. The van der Waals surface area contributed by atoms with Crippen molar-refractivity contribution in [3.8, 4) is 0 Å². The maximum absolute atomic E-state index is 14.4. The monoisotopic (exact) mass is 642 g/mol. The molecule has 7 heteroatoms. The molecule has 5 nitrogen and oxygen atoms in total. The number of halogens is 1. The zero-order valence-electron chi connectivity index (χ0n) is 22.3. The summed E-state index contributed by atoms with van der Waals surface area (Å²) in [6.07, 6.45) is 1.29. The van der Waals surface area contributed by atoms with Crippen LogP contribution in [0.3, 0.4) is 0 Å². The van der Waals surface area contributed by atoms with Crippen LogP contribution in [0.25, 0.3) is 0 Å². The molecule has 2 fully saturated rings. The third-order valence-corrected chi connectivity index (χ3v) is 12.2. The first-order valence-electron chi connectivity index (χ1n) is 13.1. The lowest BCUT2D eigenvalue weighted by atomic mass is 10.2. The summed E-state index contributed by atoms with van der Waals surface area (Å²) in [6.45, 7) is 7.50. The third-order valence-electron chi connectivity index (χ3n) is 7.43. The summed E-state index contributed by atoms with van der Waals surface area (Å²) in [5.41, 5.74) is -0.676. The Hall–Kier alpha value is -2.44. The zero-order chi connectivity index (χ0) is 26.0. The van der Waals surface area contributed by atoms with Crippen molar-refractivity contribution in [2.24, 2.45) is 0 Å².